The van der Waals surface area contributed by atoms with E-state index in [9.17, 15) is 4.79 Å². The molecule has 26 heavy (non-hydrogen) atoms. The molecule has 8 heteroatoms. The van der Waals surface area contributed by atoms with E-state index in [1.165, 1.54) is 12.3 Å². The summed E-state index contributed by atoms with van der Waals surface area (Å²) < 4.78 is 16.1. The number of methoxy groups -OCH3 is 2. The van der Waals surface area contributed by atoms with Crippen molar-refractivity contribution in [3.63, 3.8) is 0 Å². The molecule has 1 heterocycles. The number of allylic oxidation sites excluding steroid dienone is 1. The molecule has 0 bridgehead atoms. The van der Waals surface area contributed by atoms with Crippen molar-refractivity contribution in [2.75, 3.05) is 20.8 Å². The molecule has 1 rings (SSSR count). The Morgan fingerprint density at radius 1 is 1.31 bits per heavy atom. The van der Waals surface area contributed by atoms with Crippen LogP contribution in [0.25, 0.3) is 0 Å². The third-order valence-corrected chi connectivity index (χ3v) is 3.89. The molecule has 0 radical (unpaired) electrons. The van der Waals surface area contributed by atoms with Gasteiger partial charge in [0.15, 0.2) is 17.6 Å². The van der Waals surface area contributed by atoms with E-state index in [1.54, 1.807) is 20.3 Å². The average molecular weight is 403 g/mol. The fourth-order valence-corrected chi connectivity index (χ4v) is 2.53. The van der Waals surface area contributed by atoms with Crippen LogP contribution in [0, 0.1) is 0 Å². The third kappa shape index (κ3) is 6.77. The Balaban J connectivity index is 2.59. The van der Waals surface area contributed by atoms with Gasteiger partial charge in [-0.3, -0.25) is 4.79 Å². The van der Waals surface area contributed by atoms with E-state index in [-0.39, 0.29) is 16.8 Å². The normalized spacial score (nSPS) is 13.2. The van der Waals surface area contributed by atoms with Gasteiger partial charge in [-0.05, 0) is 38.0 Å². The minimum Gasteiger partial charge on any atom is -0.493 e. The molecule has 0 saturated carbocycles. The lowest BCUT2D eigenvalue weighted by molar-refractivity contribution is -0.128. The summed E-state index contributed by atoms with van der Waals surface area (Å²) >= 11 is 11.8. The summed E-state index contributed by atoms with van der Waals surface area (Å²) in [5.74, 6) is 1.19. The predicted octanol–water partition coefficient (Wildman–Crippen LogP) is 4.13. The largest absolute Gasteiger partial charge is 0.493 e. The maximum atomic E-state index is 12.3. The summed E-state index contributed by atoms with van der Waals surface area (Å²) in [6.45, 7) is 4.12. The van der Waals surface area contributed by atoms with Gasteiger partial charge in [-0.25, -0.2) is 4.98 Å². The lowest BCUT2D eigenvalue weighted by Crippen LogP contribution is -2.38. The number of hydrogen-bond acceptors (Lipinski definition) is 5. The molecule has 0 aromatic carbocycles. The summed E-state index contributed by atoms with van der Waals surface area (Å²) in [4.78, 5) is 16.3. The monoisotopic (exact) mass is 402 g/mol. The Morgan fingerprint density at radius 2 is 2.00 bits per heavy atom. The molecule has 1 unspecified atom stereocenters. The van der Waals surface area contributed by atoms with Gasteiger partial charge >= 0.3 is 0 Å². The van der Waals surface area contributed by atoms with Gasteiger partial charge in [0.25, 0.3) is 5.91 Å². The van der Waals surface area contributed by atoms with E-state index < -0.39 is 6.10 Å². The maximum absolute atomic E-state index is 12.3. The Kier molecular flexibility index (Phi) is 9.91. The molecular formula is C18H24Cl2N2O4. The Hall–Kier alpha value is -1.92. The van der Waals surface area contributed by atoms with Crippen molar-refractivity contribution in [3.8, 4) is 5.88 Å². The molecule has 0 fully saturated rings. The van der Waals surface area contributed by atoms with Crippen molar-refractivity contribution in [2.45, 2.75) is 32.8 Å². The highest BCUT2D eigenvalue weighted by atomic mass is 35.5. The van der Waals surface area contributed by atoms with Crippen molar-refractivity contribution in [1.29, 1.82) is 0 Å². The molecule has 0 aliphatic heterocycles. The second kappa shape index (κ2) is 11.6. The molecule has 0 aliphatic rings. The van der Waals surface area contributed by atoms with Crippen LogP contribution in [0.4, 0.5) is 0 Å². The van der Waals surface area contributed by atoms with Crippen LogP contribution in [0.5, 0.6) is 5.88 Å². The zero-order chi connectivity index (χ0) is 19.5. The quantitative estimate of drug-likeness (QED) is 0.361. The lowest BCUT2D eigenvalue weighted by atomic mass is 10.2. The Morgan fingerprint density at radius 3 is 2.54 bits per heavy atom. The molecule has 6 nitrogen and oxygen atoms in total. The average Bonchev–Trinajstić information content (AvgIpc) is 2.63. The predicted molar refractivity (Wildman–Crippen MR) is 102 cm³/mol. The van der Waals surface area contributed by atoms with Gasteiger partial charge in [0.05, 0.1) is 19.2 Å². The first-order valence-corrected chi connectivity index (χ1v) is 8.92. The highest BCUT2D eigenvalue weighted by molar-refractivity contribution is 6.35. The smallest absolute Gasteiger partial charge is 0.261 e. The Labute approximate surface area is 164 Å². The molecule has 0 aliphatic carbocycles. The van der Waals surface area contributed by atoms with E-state index >= 15 is 0 Å². The summed E-state index contributed by atoms with van der Waals surface area (Å²) in [5.41, 5.74) is 0. The molecule has 0 spiro atoms. The van der Waals surface area contributed by atoms with E-state index in [4.69, 9.17) is 37.4 Å². The zero-order valence-corrected chi connectivity index (χ0v) is 16.9. The second-order valence-corrected chi connectivity index (χ2v) is 6.01. The number of pyridine rings is 1. The number of nitrogens with zero attached hydrogens (tertiary/aromatic N) is 1. The van der Waals surface area contributed by atoms with Crippen molar-refractivity contribution in [2.24, 2.45) is 0 Å². The van der Waals surface area contributed by atoms with Gasteiger partial charge in [-0.15, -0.1) is 0 Å². The maximum Gasteiger partial charge on any atom is 0.261 e. The van der Waals surface area contributed by atoms with Crippen LogP contribution >= 0.6 is 23.2 Å². The first kappa shape index (κ1) is 22.1. The molecule has 1 N–H and O–H groups in total. The zero-order valence-electron chi connectivity index (χ0n) is 15.3. The number of nitrogens with one attached hydrogen (secondary N) is 1. The number of rotatable bonds is 10. The van der Waals surface area contributed by atoms with Crippen LogP contribution in [0.1, 0.15) is 26.7 Å². The minimum absolute atomic E-state index is 0.178. The van der Waals surface area contributed by atoms with Crippen LogP contribution in [-0.2, 0) is 14.3 Å². The number of carbonyl (C=O) groups excluding carboxylic acids is 1. The van der Waals surface area contributed by atoms with Gasteiger partial charge in [0.1, 0.15) is 5.02 Å². The number of aromatic nitrogens is 1. The Bertz CT molecular complexity index is 663. The first-order chi connectivity index (χ1) is 12.5. The topological polar surface area (TPSA) is 69.7 Å². The summed E-state index contributed by atoms with van der Waals surface area (Å²) in [5, 5.41) is 3.48. The second-order valence-electron chi connectivity index (χ2n) is 5.16. The van der Waals surface area contributed by atoms with Crippen LogP contribution in [0.3, 0.4) is 0 Å². The van der Waals surface area contributed by atoms with Crippen LogP contribution in [-0.4, -0.2) is 37.8 Å². The molecule has 1 aromatic heterocycles. The first-order valence-electron chi connectivity index (χ1n) is 8.17. The number of carbonyl (C=O) groups is 1. The highest BCUT2D eigenvalue weighted by Gasteiger charge is 2.20. The van der Waals surface area contributed by atoms with Gasteiger partial charge < -0.3 is 19.5 Å². The minimum atomic E-state index is -0.697. The molecule has 1 aromatic rings. The van der Waals surface area contributed by atoms with E-state index in [1.807, 2.05) is 19.9 Å². The molecule has 144 valence electrons. The lowest BCUT2D eigenvalue weighted by Gasteiger charge is -2.17. The number of halogens is 2. The molecule has 0 saturated heterocycles. The third-order valence-electron chi connectivity index (χ3n) is 3.41. The fourth-order valence-electron chi connectivity index (χ4n) is 2.10. The van der Waals surface area contributed by atoms with Gasteiger partial charge in [0.2, 0.25) is 5.88 Å². The number of ether oxygens (including phenoxy) is 3. The van der Waals surface area contributed by atoms with Gasteiger partial charge in [0, 0.05) is 12.7 Å². The SMILES string of the molecule is CC=C(OC)C(=CCCNC(=O)C(CC)Oc1ncc(Cl)cc1Cl)OC. The summed E-state index contributed by atoms with van der Waals surface area (Å²) in [6, 6.07) is 1.52. The summed E-state index contributed by atoms with van der Waals surface area (Å²) in [6.07, 6.45) is 5.41. The van der Waals surface area contributed by atoms with Crippen LogP contribution < -0.4 is 10.1 Å². The number of hydrogen-bond donors (Lipinski definition) is 1. The molecule has 1 amide bonds. The van der Waals surface area contributed by atoms with Crippen molar-refractivity contribution in [3.05, 3.63) is 46.0 Å². The highest BCUT2D eigenvalue weighted by Crippen LogP contribution is 2.25. The molecular weight excluding hydrogens is 379 g/mol. The fraction of sp³-hybridized carbons (Fsp3) is 0.444. The standard InChI is InChI=1S/C18H24Cl2N2O4/c1-5-14(24-3)16(25-4)8-7-9-21-17(23)15(6-2)26-18-13(20)10-12(19)11-22-18/h5,8,10-11,15H,6-7,9H2,1-4H3,(H,21,23). The van der Waals surface area contributed by atoms with Crippen LogP contribution in [0.2, 0.25) is 10.0 Å². The van der Waals surface area contributed by atoms with Gasteiger partial charge in [-0.1, -0.05) is 30.1 Å². The van der Waals surface area contributed by atoms with Crippen molar-refractivity contribution < 1.29 is 19.0 Å². The van der Waals surface area contributed by atoms with E-state index in [2.05, 4.69) is 10.3 Å². The van der Waals surface area contributed by atoms with Crippen LogP contribution in [0.15, 0.2) is 35.9 Å². The summed E-state index contributed by atoms with van der Waals surface area (Å²) in [7, 11) is 3.14. The van der Waals surface area contributed by atoms with E-state index in [0.717, 1.165) is 0 Å². The van der Waals surface area contributed by atoms with Gasteiger partial charge in [-0.2, -0.15) is 0 Å². The van der Waals surface area contributed by atoms with Crippen molar-refractivity contribution in [1.82, 2.24) is 10.3 Å². The van der Waals surface area contributed by atoms with Crippen molar-refractivity contribution >= 4 is 29.1 Å². The van der Waals surface area contributed by atoms with E-state index in [0.29, 0.717) is 35.9 Å². The number of amides is 1. The molecule has 1 atom stereocenters.